The minimum atomic E-state index is -0.565. The number of ether oxygens (including phenoxy) is 1. The first-order chi connectivity index (χ1) is 8.65. The highest BCUT2D eigenvalue weighted by Gasteiger charge is 2.06. The second kappa shape index (κ2) is 7.50. The van der Waals surface area contributed by atoms with Crippen molar-refractivity contribution in [3.8, 4) is 0 Å². The Labute approximate surface area is 107 Å². The van der Waals surface area contributed by atoms with Crippen LogP contribution in [-0.4, -0.2) is 30.6 Å². The SMILES string of the molecule is CCCOCCCNc1nc(C(N)=O)ccc1N. The number of rotatable bonds is 8. The number of nitrogens with one attached hydrogen (secondary N) is 1. The molecule has 0 bridgehead atoms. The van der Waals surface area contributed by atoms with Gasteiger partial charge in [-0.15, -0.1) is 0 Å². The number of pyridine rings is 1. The van der Waals surface area contributed by atoms with Crippen molar-refractivity contribution < 1.29 is 9.53 Å². The van der Waals surface area contributed by atoms with E-state index >= 15 is 0 Å². The van der Waals surface area contributed by atoms with Gasteiger partial charge in [-0.3, -0.25) is 4.79 Å². The van der Waals surface area contributed by atoms with Crippen molar-refractivity contribution in [2.24, 2.45) is 5.73 Å². The molecule has 0 saturated carbocycles. The molecule has 18 heavy (non-hydrogen) atoms. The maximum absolute atomic E-state index is 11.0. The Kier molecular flexibility index (Phi) is 5.93. The van der Waals surface area contributed by atoms with Gasteiger partial charge in [0, 0.05) is 19.8 Å². The number of carbonyl (C=O) groups excluding carboxylic acids is 1. The first-order valence-corrected chi connectivity index (χ1v) is 6.03. The molecule has 1 aromatic rings. The van der Waals surface area contributed by atoms with Gasteiger partial charge in [-0.1, -0.05) is 6.92 Å². The zero-order chi connectivity index (χ0) is 13.4. The smallest absolute Gasteiger partial charge is 0.267 e. The molecule has 0 saturated heterocycles. The zero-order valence-electron chi connectivity index (χ0n) is 10.6. The summed E-state index contributed by atoms with van der Waals surface area (Å²) in [5.41, 5.74) is 11.6. The van der Waals surface area contributed by atoms with Crippen LogP contribution in [-0.2, 0) is 4.74 Å². The summed E-state index contributed by atoms with van der Waals surface area (Å²) in [6, 6.07) is 3.12. The quantitative estimate of drug-likeness (QED) is 0.599. The van der Waals surface area contributed by atoms with Gasteiger partial charge in [0.25, 0.3) is 5.91 Å². The summed E-state index contributed by atoms with van der Waals surface area (Å²) in [6.07, 6.45) is 1.87. The number of nitrogens with two attached hydrogens (primary N) is 2. The number of nitrogens with zero attached hydrogens (tertiary/aromatic N) is 1. The topological polar surface area (TPSA) is 103 Å². The van der Waals surface area contributed by atoms with Gasteiger partial charge in [-0.05, 0) is 25.0 Å². The standard InChI is InChI=1S/C12H20N4O2/c1-2-7-18-8-3-6-15-12-9(13)4-5-10(16-12)11(14)17/h4-5H,2-3,6-8,13H2,1H3,(H2,14,17)(H,15,16). The fourth-order valence-corrected chi connectivity index (χ4v) is 1.38. The molecule has 100 valence electrons. The Morgan fingerprint density at radius 3 is 2.89 bits per heavy atom. The fourth-order valence-electron chi connectivity index (χ4n) is 1.38. The molecule has 1 rings (SSSR count). The molecular weight excluding hydrogens is 232 g/mol. The van der Waals surface area contributed by atoms with E-state index in [1.54, 1.807) is 6.07 Å². The number of amides is 1. The van der Waals surface area contributed by atoms with Gasteiger partial charge in [0.15, 0.2) is 0 Å². The van der Waals surface area contributed by atoms with E-state index < -0.39 is 5.91 Å². The van der Waals surface area contributed by atoms with Crippen molar-refractivity contribution in [1.29, 1.82) is 0 Å². The third-order valence-corrected chi connectivity index (χ3v) is 2.29. The van der Waals surface area contributed by atoms with Crippen molar-refractivity contribution in [2.75, 3.05) is 30.8 Å². The van der Waals surface area contributed by atoms with Crippen LogP contribution in [0.2, 0.25) is 0 Å². The molecule has 0 aliphatic heterocycles. The second-order valence-corrected chi connectivity index (χ2v) is 3.89. The van der Waals surface area contributed by atoms with Crippen LogP contribution in [0.3, 0.4) is 0 Å². The summed E-state index contributed by atoms with van der Waals surface area (Å²) < 4.78 is 5.35. The molecule has 0 unspecified atom stereocenters. The van der Waals surface area contributed by atoms with Crippen LogP contribution >= 0.6 is 0 Å². The number of hydrogen-bond donors (Lipinski definition) is 3. The molecule has 0 fully saturated rings. The molecule has 6 nitrogen and oxygen atoms in total. The lowest BCUT2D eigenvalue weighted by Gasteiger charge is -2.09. The molecule has 6 heteroatoms. The summed E-state index contributed by atoms with van der Waals surface area (Å²) in [5.74, 6) is -0.0777. The highest BCUT2D eigenvalue weighted by molar-refractivity contribution is 5.91. The van der Waals surface area contributed by atoms with Crippen molar-refractivity contribution in [2.45, 2.75) is 19.8 Å². The number of anilines is 2. The summed E-state index contributed by atoms with van der Waals surface area (Å²) >= 11 is 0. The van der Waals surface area contributed by atoms with Crippen molar-refractivity contribution in [3.63, 3.8) is 0 Å². The van der Waals surface area contributed by atoms with Crippen LogP contribution in [0.5, 0.6) is 0 Å². The first kappa shape index (κ1) is 14.2. The number of hydrogen-bond acceptors (Lipinski definition) is 5. The Bertz CT molecular complexity index is 396. The molecular formula is C12H20N4O2. The molecule has 1 amide bonds. The highest BCUT2D eigenvalue weighted by Crippen LogP contribution is 2.15. The maximum Gasteiger partial charge on any atom is 0.267 e. The average molecular weight is 252 g/mol. The van der Waals surface area contributed by atoms with Gasteiger partial charge in [0.2, 0.25) is 0 Å². The van der Waals surface area contributed by atoms with Gasteiger partial charge in [0.05, 0.1) is 5.69 Å². The monoisotopic (exact) mass is 252 g/mol. The Morgan fingerprint density at radius 2 is 2.22 bits per heavy atom. The van der Waals surface area contributed by atoms with E-state index in [1.165, 1.54) is 6.07 Å². The Hall–Kier alpha value is -1.82. The average Bonchev–Trinajstić information content (AvgIpc) is 2.35. The third-order valence-electron chi connectivity index (χ3n) is 2.29. The van der Waals surface area contributed by atoms with Gasteiger partial charge < -0.3 is 21.5 Å². The largest absolute Gasteiger partial charge is 0.396 e. The highest BCUT2D eigenvalue weighted by atomic mass is 16.5. The lowest BCUT2D eigenvalue weighted by atomic mass is 10.3. The molecule has 0 spiro atoms. The molecule has 0 aromatic carbocycles. The zero-order valence-corrected chi connectivity index (χ0v) is 10.6. The van der Waals surface area contributed by atoms with Crippen LogP contribution in [0.15, 0.2) is 12.1 Å². The number of aromatic nitrogens is 1. The van der Waals surface area contributed by atoms with E-state index in [2.05, 4.69) is 17.2 Å². The third kappa shape index (κ3) is 4.58. The molecule has 5 N–H and O–H groups in total. The van der Waals surface area contributed by atoms with E-state index in [9.17, 15) is 4.79 Å². The number of carbonyl (C=O) groups is 1. The fraction of sp³-hybridized carbons (Fsp3) is 0.500. The van der Waals surface area contributed by atoms with Gasteiger partial charge in [0.1, 0.15) is 11.5 Å². The summed E-state index contributed by atoms with van der Waals surface area (Å²) in [4.78, 5) is 15.0. The van der Waals surface area contributed by atoms with Gasteiger partial charge >= 0.3 is 0 Å². The van der Waals surface area contributed by atoms with E-state index in [0.717, 1.165) is 19.4 Å². The Morgan fingerprint density at radius 1 is 1.44 bits per heavy atom. The lowest BCUT2D eigenvalue weighted by molar-refractivity contribution is 0.0995. The summed E-state index contributed by atoms with van der Waals surface area (Å²) in [5, 5.41) is 3.06. The predicted molar refractivity (Wildman–Crippen MR) is 71.4 cm³/mol. The van der Waals surface area contributed by atoms with Crippen molar-refractivity contribution in [1.82, 2.24) is 4.98 Å². The van der Waals surface area contributed by atoms with Crippen molar-refractivity contribution >= 4 is 17.4 Å². The normalized spacial score (nSPS) is 10.3. The van der Waals surface area contributed by atoms with E-state index in [0.29, 0.717) is 24.7 Å². The second-order valence-electron chi connectivity index (χ2n) is 3.89. The van der Waals surface area contributed by atoms with Crippen LogP contribution < -0.4 is 16.8 Å². The predicted octanol–water partition coefficient (Wildman–Crippen LogP) is 0.991. The van der Waals surface area contributed by atoms with Gasteiger partial charge in [-0.2, -0.15) is 0 Å². The molecule has 1 aromatic heterocycles. The summed E-state index contributed by atoms with van der Waals surface area (Å²) in [7, 11) is 0. The van der Waals surface area contributed by atoms with Crippen LogP contribution in [0.25, 0.3) is 0 Å². The lowest BCUT2D eigenvalue weighted by Crippen LogP contribution is -2.16. The maximum atomic E-state index is 11.0. The molecule has 0 aliphatic carbocycles. The Balaban J connectivity index is 2.41. The van der Waals surface area contributed by atoms with E-state index in [1.807, 2.05) is 0 Å². The molecule has 0 atom stereocenters. The molecule has 1 heterocycles. The number of nitrogen functional groups attached to an aromatic ring is 1. The van der Waals surface area contributed by atoms with Crippen LogP contribution in [0, 0.1) is 0 Å². The number of primary amides is 1. The van der Waals surface area contributed by atoms with E-state index in [4.69, 9.17) is 16.2 Å². The molecule has 0 radical (unpaired) electrons. The minimum absolute atomic E-state index is 0.203. The van der Waals surface area contributed by atoms with E-state index in [-0.39, 0.29) is 5.69 Å². The van der Waals surface area contributed by atoms with Crippen LogP contribution in [0.1, 0.15) is 30.3 Å². The summed E-state index contributed by atoms with van der Waals surface area (Å²) in [6.45, 7) is 4.22. The van der Waals surface area contributed by atoms with Crippen LogP contribution in [0.4, 0.5) is 11.5 Å². The molecule has 0 aliphatic rings. The first-order valence-electron chi connectivity index (χ1n) is 6.03. The minimum Gasteiger partial charge on any atom is -0.396 e. The van der Waals surface area contributed by atoms with Crippen molar-refractivity contribution in [3.05, 3.63) is 17.8 Å². The van der Waals surface area contributed by atoms with Gasteiger partial charge in [-0.25, -0.2) is 4.98 Å².